The van der Waals surface area contributed by atoms with E-state index in [-0.39, 0.29) is 0 Å². The molecule has 0 fully saturated rings. The number of unbranched alkanes of at least 4 members (excludes halogenated alkanes) is 1. The molecule has 0 aromatic rings. The van der Waals surface area contributed by atoms with E-state index in [2.05, 4.69) is 24.2 Å². The van der Waals surface area contributed by atoms with E-state index < -0.39 is 0 Å². The summed E-state index contributed by atoms with van der Waals surface area (Å²) >= 11 is 0. The van der Waals surface area contributed by atoms with Gasteiger partial charge in [-0.3, -0.25) is 0 Å². The molecule has 0 aliphatic heterocycles. The Labute approximate surface area is 75.8 Å². The van der Waals surface area contributed by atoms with Crippen molar-refractivity contribution in [1.29, 1.82) is 0 Å². The summed E-state index contributed by atoms with van der Waals surface area (Å²) in [4.78, 5) is 2.28. The molecular weight excluding hydrogens is 152 g/mol. The van der Waals surface area contributed by atoms with Gasteiger partial charge in [0.25, 0.3) is 0 Å². The summed E-state index contributed by atoms with van der Waals surface area (Å²) in [5.41, 5.74) is 0. The first-order chi connectivity index (χ1) is 5.81. The van der Waals surface area contributed by atoms with Gasteiger partial charge in [0.1, 0.15) is 0 Å². The normalized spacial score (nSPS) is 11.0. The van der Waals surface area contributed by atoms with E-state index in [0.29, 0.717) is 6.61 Å². The zero-order chi connectivity index (χ0) is 9.23. The van der Waals surface area contributed by atoms with Crippen LogP contribution in [0.15, 0.2) is 0 Å². The van der Waals surface area contributed by atoms with Gasteiger partial charge >= 0.3 is 0 Å². The number of hydrogen-bond donors (Lipinski definition) is 2. The third kappa shape index (κ3) is 7.98. The van der Waals surface area contributed by atoms with E-state index in [1.807, 2.05) is 0 Å². The maximum atomic E-state index is 8.51. The number of rotatable bonds is 8. The Morgan fingerprint density at radius 3 is 2.58 bits per heavy atom. The summed E-state index contributed by atoms with van der Waals surface area (Å²) in [5, 5.41) is 11.8. The van der Waals surface area contributed by atoms with Crippen LogP contribution in [0.1, 0.15) is 19.8 Å². The fraction of sp³-hybridized carbons (Fsp3) is 1.00. The molecule has 0 unspecified atom stereocenters. The molecule has 0 bridgehead atoms. The Bertz CT molecular complexity index is 88.6. The summed E-state index contributed by atoms with van der Waals surface area (Å²) in [6, 6.07) is 0. The Balaban J connectivity index is 2.90. The molecule has 0 spiro atoms. The van der Waals surface area contributed by atoms with Gasteiger partial charge < -0.3 is 15.3 Å². The van der Waals surface area contributed by atoms with E-state index in [4.69, 9.17) is 5.11 Å². The summed E-state index contributed by atoms with van der Waals surface area (Å²) in [5.74, 6) is 0. The van der Waals surface area contributed by atoms with Gasteiger partial charge in [-0.2, -0.15) is 0 Å². The largest absolute Gasteiger partial charge is 0.396 e. The summed E-state index contributed by atoms with van der Waals surface area (Å²) in [7, 11) is 2.12. The maximum Gasteiger partial charge on any atom is 0.0431 e. The number of aliphatic hydroxyl groups excluding tert-OH is 1. The lowest BCUT2D eigenvalue weighted by Crippen LogP contribution is -2.29. The van der Waals surface area contributed by atoms with Crippen molar-refractivity contribution < 1.29 is 5.11 Å². The molecule has 0 heterocycles. The Morgan fingerprint density at radius 2 is 2.00 bits per heavy atom. The molecule has 12 heavy (non-hydrogen) atoms. The van der Waals surface area contributed by atoms with E-state index >= 15 is 0 Å². The first kappa shape index (κ1) is 11.9. The SMILES string of the molecule is CCN(C)CCNCCCCO. The van der Waals surface area contributed by atoms with E-state index in [9.17, 15) is 0 Å². The third-order valence-electron chi connectivity index (χ3n) is 1.97. The van der Waals surface area contributed by atoms with Crippen LogP contribution in [0.2, 0.25) is 0 Å². The highest BCUT2D eigenvalue weighted by Gasteiger charge is 1.92. The second-order valence-electron chi connectivity index (χ2n) is 3.08. The highest BCUT2D eigenvalue weighted by Crippen LogP contribution is 1.83. The fourth-order valence-electron chi connectivity index (χ4n) is 0.915. The van der Waals surface area contributed by atoms with Gasteiger partial charge in [-0.1, -0.05) is 6.92 Å². The van der Waals surface area contributed by atoms with Gasteiger partial charge in [0.2, 0.25) is 0 Å². The van der Waals surface area contributed by atoms with Gasteiger partial charge in [0, 0.05) is 19.7 Å². The lowest BCUT2D eigenvalue weighted by Gasteiger charge is -2.13. The Kier molecular flexibility index (Phi) is 8.88. The summed E-state index contributed by atoms with van der Waals surface area (Å²) in [6.45, 7) is 6.77. The zero-order valence-electron chi connectivity index (χ0n) is 8.34. The van der Waals surface area contributed by atoms with Crippen molar-refractivity contribution in [3.05, 3.63) is 0 Å². The van der Waals surface area contributed by atoms with Crippen molar-refractivity contribution in [3.63, 3.8) is 0 Å². The summed E-state index contributed by atoms with van der Waals surface area (Å²) in [6.07, 6.45) is 1.99. The van der Waals surface area contributed by atoms with Crippen LogP contribution in [-0.4, -0.2) is 49.8 Å². The first-order valence-corrected chi connectivity index (χ1v) is 4.81. The molecule has 0 amide bonds. The highest BCUT2D eigenvalue weighted by molar-refractivity contribution is 4.52. The number of hydrogen-bond acceptors (Lipinski definition) is 3. The van der Waals surface area contributed by atoms with Gasteiger partial charge in [-0.15, -0.1) is 0 Å². The zero-order valence-corrected chi connectivity index (χ0v) is 8.34. The van der Waals surface area contributed by atoms with Crippen LogP contribution < -0.4 is 5.32 Å². The van der Waals surface area contributed by atoms with E-state index in [0.717, 1.165) is 39.0 Å². The van der Waals surface area contributed by atoms with Crippen molar-refractivity contribution in [2.75, 3.05) is 39.8 Å². The van der Waals surface area contributed by atoms with Crippen LogP contribution in [-0.2, 0) is 0 Å². The number of likely N-dealkylation sites (N-methyl/N-ethyl adjacent to an activating group) is 1. The molecule has 0 atom stereocenters. The van der Waals surface area contributed by atoms with Crippen LogP contribution in [0.4, 0.5) is 0 Å². The minimum absolute atomic E-state index is 0.316. The molecule has 0 aromatic heterocycles. The molecule has 0 rings (SSSR count). The molecular formula is C9H22N2O. The second kappa shape index (κ2) is 8.97. The second-order valence-corrected chi connectivity index (χ2v) is 3.08. The average Bonchev–Trinajstić information content (AvgIpc) is 2.10. The minimum atomic E-state index is 0.316. The molecule has 0 aliphatic carbocycles. The summed E-state index contributed by atoms with van der Waals surface area (Å²) < 4.78 is 0. The molecule has 0 radical (unpaired) electrons. The number of nitrogens with zero attached hydrogens (tertiary/aromatic N) is 1. The molecule has 3 heteroatoms. The molecule has 2 N–H and O–H groups in total. The maximum absolute atomic E-state index is 8.51. The minimum Gasteiger partial charge on any atom is -0.396 e. The van der Waals surface area contributed by atoms with Crippen LogP contribution >= 0.6 is 0 Å². The topological polar surface area (TPSA) is 35.5 Å². The molecule has 0 aliphatic rings. The van der Waals surface area contributed by atoms with E-state index in [1.165, 1.54) is 0 Å². The Hall–Kier alpha value is -0.120. The molecule has 0 saturated heterocycles. The molecule has 3 nitrogen and oxygen atoms in total. The van der Waals surface area contributed by atoms with E-state index in [1.54, 1.807) is 0 Å². The van der Waals surface area contributed by atoms with Gasteiger partial charge in [-0.05, 0) is 33.0 Å². The first-order valence-electron chi connectivity index (χ1n) is 4.81. The van der Waals surface area contributed by atoms with Crippen molar-refractivity contribution >= 4 is 0 Å². The lowest BCUT2D eigenvalue weighted by molar-refractivity contribution is 0.282. The van der Waals surface area contributed by atoms with Crippen molar-refractivity contribution in [3.8, 4) is 0 Å². The smallest absolute Gasteiger partial charge is 0.0431 e. The quantitative estimate of drug-likeness (QED) is 0.520. The van der Waals surface area contributed by atoms with Crippen LogP contribution in [0.25, 0.3) is 0 Å². The standard InChI is InChI=1S/C9H22N2O/c1-3-11(2)8-7-10-6-4-5-9-12/h10,12H,3-9H2,1-2H3. The third-order valence-corrected chi connectivity index (χ3v) is 1.97. The monoisotopic (exact) mass is 174 g/mol. The van der Waals surface area contributed by atoms with Crippen LogP contribution in [0.3, 0.4) is 0 Å². The van der Waals surface area contributed by atoms with Crippen molar-refractivity contribution in [2.24, 2.45) is 0 Å². The highest BCUT2D eigenvalue weighted by atomic mass is 16.2. The predicted octanol–water partition coefficient (Wildman–Crippen LogP) is 0.300. The van der Waals surface area contributed by atoms with Crippen LogP contribution in [0.5, 0.6) is 0 Å². The molecule has 0 aromatic carbocycles. The van der Waals surface area contributed by atoms with Crippen molar-refractivity contribution in [1.82, 2.24) is 10.2 Å². The van der Waals surface area contributed by atoms with Crippen LogP contribution in [0, 0.1) is 0 Å². The van der Waals surface area contributed by atoms with Gasteiger partial charge in [0.05, 0.1) is 0 Å². The van der Waals surface area contributed by atoms with Gasteiger partial charge in [0.15, 0.2) is 0 Å². The fourth-order valence-corrected chi connectivity index (χ4v) is 0.915. The number of nitrogens with one attached hydrogen (secondary N) is 1. The molecule has 74 valence electrons. The number of aliphatic hydroxyl groups is 1. The average molecular weight is 174 g/mol. The molecule has 0 saturated carbocycles. The lowest BCUT2D eigenvalue weighted by atomic mass is 10.3. The predicted molar refractivity (Wildman–Crippen MR) is 52.4 cm³/mol. The van der Waals surface area contributed by atoms with Crippen molar-refractivity contribution in [2.45, 2.75) is 19.8 Å². The van der Waals surface area contributed by atoms with Gasteiger partial charge in [-0.25, -0.2) is 0 Å². The Morgan fingerprint density at radius 1 is 1.25 bits per heavy atom.